The number of non-ortho nitro benzene ring substituents is 1. The molecule has 1 heterocycles. The lowest BCUT2D eigenvalue weighted by atomic mass is 9.77. The van der Waals surface area contributed by atoms with Crippen molar-refractivity contribution in [1.82, 2.24) is 15.8 Å². The van der Waals surface area contributed by atoms with E-state index >= 15 is 0 Å². The molecule has 3 rings (SSSR count). The molecule has 2 aliphatic rings. The van der Waals surface area contributed by atoms with Gasteiger partial charge in [-0.2, -0.15) is 5.01 Å². The molecule has 4 amide bonds. The first-order valence-electron chi connectivity index (χ1n) is 8.90. The molecule has 1 aliphatic carbocycles. The third-order valence-electron chi connectivity index (χ3n) is 5.30. The van der Waals surface area contributed by atoms with E-state index in [9.17, 15) is 32.9 Å². The number of amides is 4. The molecule has 1 saturated heterocycles. The third kappa shape index (κ3) is 3.92. The minimum atomic E-state index is -3.84. The number of carbonyl (C=O) groups excluding carboxylic acids is 3. The van der Waals surface area contributed by atoms with Gasteiger partial charge in [-0.15, -0.1) is 0 Å². The number of benzene rings is 1. The smallest absolute Gasteiger partial charge is 0.322 e. The molecule has 0 atom stereocenters. The van der Waals surface area contributed by atoms with E-state index < -0.39 is 48.7 Å². The van der Waals surface area contributed by atoms with E-state index in [0.29, 0.717) is 23.8 Å². The monoisotopic (exact) mass is 424 g/mol. The number of hydrogen-bond donors (Lipinski definition) is 2. The number of imide groups is 1. The normalized spacial score (nSPS) is 24.5. The second kappa shape index (κ2) is 7.10. The second-order valence-electron chi connectivity index (χ2n) is 7.52. The van der Waals surface area contributed by atoms with Crippen molar-refractivity contribution in [2.75, 3.05) is 6.26 Å². The number of hydrogen-bond acceptors (Lipinski definition) is 7. The van der Waals surface area contributed by atoms with Crippen LogP contribution >= 0.6 is 0 Å². The van der Waals surface area contributed by atoms with Crippen LogP contribution in [0.15, 0.2) is 23.1 Å². The van der Waals surface area contributed by atoms with E-state index in [1.807, 2.05) is 0 Å². The van der Waals surface area contributed by atoms with E-state index in [1.54, 1.807) is 0 Å². The van der Waals surface area contributed by atoms with Crippen molar-refractivity contribution in [2.24, 2.45) is 5.92 Å². The van der Waals surface area contributed by atoms with Crippen LogP contribution in [0.25, 0.3) is 0 Å². The zero-order valence-electron chi connectivity index (χ0n) is 15.8. The highest BCUT2D eigenvalue weighted by atomic mass is 32.2. The molecule has 1 spiro atoms. The number of nitrogens with zero attached hydrogens (tertiary/aromatic N) is 2. The zero-order valence-corrected chi connectivity index (χ0v) is 16.6. The van der Waals surface area contributed by atoms with Crippen LogP contribution in [-0.2, 0) is 14.6 Å². The Morgan fingerprint density at radius 2 is 1.90 bits per heavy atom. The Balaban J connectivity index is 1.87. The number of sulfone groups is 1. The summed E-state index contributed by atoms with van der Waals surface area (Å²) in [6.45, 7) is 2.05. The Morgan fingerprint density at radius 3 is 2.45 bits per heavy atom. The molecule has 29 heavy (non-hydrogen) atoms. The van der Waals surface area contributed by atoms with E-state index in [0.717, 1.165) is 37.3 Å². The standard InChI is InChI=1S/C17H20N4O7S/c1-10-3-5-17(6-4-10)15(23)20(16(24)18-17)19-14(22)11-7-12(21(25)26)9-13(8-11)29(2,27)28/h7-10H,3-6H2,1-2H3,(H,18,24)(H,19,22). The summed E-state index contributed by atoms with van der Waals surface area (Å²) < 4.78 is 23.6. The van der Waals surface area contributed by atoms with Gasteiger partial charge in [-0.25, -0.2) is 13.2 Å². The van der Waals surface area contributed by atoms with Gasteiger partial charge in [0.2, 0.25) is 0 Å². The van der Waals surface area contributed by atoms with Gasteiger partial charge in [-0.05, 0) is 37.7 Å². The summed E-state index contributed by atoms with van der Waals surface area (Å²) >= 11 is 0. The quantitative estimate of drug-likeness (QED) is 0.417. The maximum Gasteiger partial charge on any atom is 0.344 e. The van der Waals surface area contributed by atoms with Gasteiger partial charge in [0, 0.05) is 24.0 Å². The average Bonchev–Trinajstić information content (AvgIpc) is 2.87. The molecular weight excluding hydrogens is 404 g/mol. The highest BCUT2D eigenvalue weighted by Crippen LogP contribution is 2.35. The average molecular weight is 424 g/mol. The molecule has 1 aliphatic heterocycles. The van der Waals surface area contributed by atoms with E-state index in [2.05, 4.69) is 17.7 Å². The van der Waals surface area contributed by atoms with Crippen molar-refractivity contribution in [1.29, 1.82) is 0 Å². The van der Waals surface area contributed by atoms with Gasteiger partial charge in [0.25, 0.3) is 17.5 Å². The molecule has 12 heteroatoms. The minimum Gasteiger partial charge on any atom is -0.322 e. The lowest BCUT2D eigenvalue weighted by molar-refractivity contribution is -0.385. The largest absolute Gasteiger partial charge is 0.344 e. The summed E-state index contributed by atoms with van der Waals surface area (Å²) in [6, 6.07) is 1.86. The second-order valence-corrected chi connectivity index (χ2v) is 9.54. The summed E-state index contributed by atoms with van der Waals surface area (Å²) in [5.41, 5.74) is 0.0995. The van der Waals surface area contributed by atoms with Gasteiger partial charge < -0.3 is 5.32 Å². The van der Waals surface area contributed by atoms with Crippen LogP contribution in [0.1, 0.15) is 43.0 Å². The maximum absolute atomic E-state index is 12.8. The van der Waals surface area contributed by atoms with Gasteiger partial charge in [-0.3, -0.25) is 25.1 Å². The molecule has 1 aromatic rings. The highest BCUT2D eigenvalue weighted by molar-refractivity contribution is 7.90. The van der Waals surface area contributed by atoms with Crippen LogP contribution in [0, 0.1) is 16.0 Å². The zero-order chi connectivity index (χ0) is 21.6. The molecule has 0 radical (unpaired) electrons. The summed E-state index contributed by atoms with van der Waals surface area (Å²) in [4.78, 5) is 47.5. The molecule has 1 saturated carbocycles. The number of rotatable bonds is 4. The molecule has 156 valence electrons. The van der Waals surface area contributed by atoms with Gasteiger partial charge >= 0.3 is 6.03 Å². The van der Waals surface area contributed by atoms with E-state index in [4.69, 9.17) is 0 Å². The van der Waals surface area contributed by atoms with E-state index in [1.165, 1.54) is 0 Å². The number of nitro groups is 1. The topological polar surface area (TPSA) is 156 Å². The lowest BCUT2D eigenvalue weighted by Crippen LogP contribution is -2.51. The Bertz CT molecular complexity index is 1010. The molecule has 0 bridgehead atoms. The first kappa shape index (κ1) is 20.7. The van der Waals surface area contributed by atoms with Crippen molar-refractivity contribution in [2.45, 2.75) is 43.0 Å². The van der Waals surface area contributed by atoms with Crippen LogP contribution in [0.4, 0.5) is 10.5 Å². The summed E-state index contributed by atoms with van der Waals surface area (Å²) in [5, 5.41) is 14.3. The number of urea groups is 1. The van der Waals surface area contributed by atoms with E-state index in [-0.39, 0.29) is 5.56 Å². The predicted molar refractivity (Wildman–Crippen MR) is 99.4 cm³/mol. The first-order chi connectivity index (χ1) is 13.4. The van der Waals surface area contributed by atoms with Crippen LogP contribution < -0.4 is 10.7 Å². The van der Waals surface area contributed by atoms with Gasteiger partial charge in [0.15, 0.2) is 9.84 Å². The minimum absolute atomic E-state index is 0.363. The fraction of sp³-hybridized carbons (Fsp3) is 0.471. The number of hydrazine groups is 1. The van der Waals surface area contributed by atoms with Gasteiger partial charge in [-0.1, -0.05) is 6.92 Å². The Morgan fingerprint density at radius 1 is 1.28 bits per heavy atom. The number of carbonyl (C=O) groups is 3. The molecule has 0 unspecified atom stereocenters. The van der Waals surface area contributed by atoms with Crippen LogP contribution in [-0.4, -0.2) is 48.0 Å². The molecule has 11 nitrogen and oxygen atoms in total. The molecule has 0 aromatic heterocycles. The SMILES string of the molecule is CC1CCC2(CC1)NC(=O)N(NC(=O)c1cc([N+](=O)[O-])cc(S(C)(=O)=O)c1)C2=O. The predicted octanol–water partition coefficient (Wildman–Crippen LogP) is 1.14. The maximum atomic E-state index is 12.8. The van der Waals surface area contributed by atoms with Crippen LogP contribution in [0.2, 0.25) is 0 Å². The Kier molecular flexibility index (Phi) is 5.07. The molecule has 1 aromatic carbocycles. The van der Waals surface area contributed by atoms with Crippen LogP contribution in [0.5, 0.6) is 0 Å². The van der Waals surface area contributed by atoms with Crippen molar-refractivity contribution in [3.05, 3.63) is 33.9 Å². The fourth-order valence-corrected chi connectivity index (χ4v) is 4.19. The Hall–Kier alpha value is -3.02. The summed E-state index contributed by atoms with van der Waals surface area (Å²) in [7, 11) is -3.84. The van der Waals surface area contributed by atoms with Gasteiger partial charge in [0.05, 0.1) is 9.82 Å². The molecule has 2 fully saturated rings. The van der Waals surface area contributed by atoms with Crippen LogP contribution in [0.3, 0.4) is 0 Å². The lowest BCUT2D eigenvalue weighted by Gasteiger charge is -2.33. The number of nitro benzene ring substituents is 1. The Labute approximate surface area is 166 Å². The van der Waals surface area contributed by atoms with Gasteiger partial charge in [0.1, 0.15) is 5.54 Å². The fourth-order valence-electron chi connectivity index (χ4n) is 3.52. The van der Waals surface area contributed by atoms with Crippen molar-refractivity contribution in [3.8, 4) is 0 Å². The van der Waals surface area contributed by atoms with Crippen molar-refractivity contribution in [3.63, 3.8) is 0 Å². The summed E-state index contributed by atoms with van der Waals surface area (Å²) in [6.07, 6.45) is 3.23. The summed E-state index contributed by atoms with van der Waals surface area (Å²) in [5.74, 6) is -1.19. The molecule has 2 N–H and O–H groups in total. The first-order valence-corrected chi connectivity index (χ1v) is 10.8. The molecular formula is C17H20N4O7S. The van der Waals surface area contributed by atoms with Crippen molar-refractivity contribution >= 4 is 33.4 Å². The third-order valence-corrected chi connectivity index (χ3v) is 6.39. The highest BCUT2D eigenvalue weighted by Gasteiger charge is 2.53. The number of nitrogens with one attached hydrogen (secondary N) is 2. The van der Waals surface area contributed by atoms with Crippen molar-refractivity contribution < 1.29 is 27.7 Å².